The van der Waals surface area contributed by atoms with Gasteiger partial charge < -0.3 is 10.2 Å². The highest BCUT2D eigenvalue weighted by Crippen LogP contribution is 2.28. The molecular weight excluding hydrogens is 310 g/mol. The lowest BCUT2D eigenvalue weighted by Crippen LogP contribution is -2.38. The van der Waals surface area contributed by atoms with E-state index in [0.717, 1.165) is 44.4 Å². The maximum Gasteiger partial charge on any atom is 0.229 e. The van der Waals surface area contributed by atoms with Crippen molar-refractivity contribution in [3.05, 3.63) is 23.2 Å². The zero-order chi connectivity index (χ0) is 15.5. The second-order valence-corrected chi connectivity index (χ2v) is 7.58. The predicted molar refractivity (Wildman–Crippen MR) is 88.7 cm³/mol. The molecule has 5 nitrogen and oxygen atoms in total. The number of likely N-dealkylation sites (tertiary alicyclic amines) is 1. The molecule has 0 amide bonds. The van der Waals surface area contributed by atoms with Crippen molar-refractivity contribution in [1.29, 1.82) is 0 Å². The van der Waals surface area contributed by atoms with Gasteiger partial charge in [0.1, 0.15) is 0 Å². The summed E-state index contributed by atoms with van der Waals surface area (Å²) in [4.78, 5) is 2.42. The number of hydrogen-bond donors (Lipinski definition) is 2. The Hall–Kier alpha value is -0.980. The molecule has 0 radical (unpaired) electrons. The van der Waals surface area contributed by atoms with Crippen molar-refractivity contribution >= 4 is 33.0 Å². The van der Waals surface area contributed by atoms with Crippen molar-refractivity contribution in [2.24, 2.45) is 0 Å². The van der Waals surface area contributed by atoms with Gasteiger partial charge in [0.25, 0.3) is 0 Å². The zero-order valence-electron chi connectivity index (χ0n) is 12.4. The van der Waals surface area contributed by atoms with Crippen LogP contribution in [0.3, 0.4) is 0 Å². The van der Waals surface area contributed by atoms with Crippen molar-refractivity contribution in [3.63, 3.8) is 0 Å². The van der Waals surface area contributed by atoms with E-state index in [1.165, 1.54) is 0 Å². The van der Waals surface area contributed by atoms with Crippen molar-refractivity contribution in [2.75, 3.05) is 35.9 Å². The van der Waals surface area contributed by atoms with Crippen LogP contribution in [0.2, 0.25) is 5.02 Å². The highest BCUT2D eigenvalue weighted by Gasteiger charge is 2.18. The van der Waals surface area contributed by atoms with Crippen molar-refractivity contribution in [2.45, 2.75) is 25.8 Å². The fourth-order valence-electron chi connectivity index (χ4n) is 2.53. The Morgan fingerprint density at radius 1 is 1.33 bits per heavy atom. The maximum absolute atomic E-state index is 11.3. The Morgan fingerprint density at radius 3 is 2.57 bits per heavy atom. The number of nitrogens with one attached hydrogen (secondary N) is 2. The van der Waals surface area contributed by atoms with Crippen LogP contribution in [0.4, 0.5) is 11.4 Å². The Balaban J connectivity index is 2.04. The molecule has 0 saturated carbocycles. The Bertz CT molecular complexity index is 584. The number of halogens is 1. The molecule has 0 atom stereocenters. The smallest absolute Gasteiger partial charge is 0.229 e. The van der Waals surface area contributed by atoms with Crippen LogP contribution in [0.25, 0.3) is 0 Å². The second kappa shape index (κ2) is 6.85. The van der Waals surface area contributed by atoms with Gasteiger partial charge in [0.15, 0.2) is 0 Å². The summed E-state index contributed by atoms with van der Waals surface area (Å²) >= 11 is 6.19. The normalized spacial score (nSPS) is 17.7. The highest BCUT2D eigenvalue weighted by atomic mass is 35.5. The number of anilines is 2. The molecule has 0 aromatic heterocycles. The predicted octanol–water partition coefficient (Wildman–Crippen LogP) is 2.61. The monoisotopic (exact) mass is 331 g/mol. The van der Waals surface area contributed by atoms with Crippen LogP contribution < -0.4 is 10.0 Å². The number of piperidine rings is 1. The first kappa shape index (κ1) is 16.4. The lowest BCUT2D eigenvalue weighted by molar-refractivity contribution is 0.229. The number of hydrogen-bond acceptors (Lipinski definition) is 4. The average molecular weight is 332 g/mol. The molecule has 1 fully saturated rings. The SMILES string of the molecule is CCN1CCC(Nc2cc(NS(C)(=O)=O)ccc2Cl)CC1. The van der Waals surface area contributed by atoms with Gasteiger partial charge in [-0.15, -0.1) is 0 Å². The summed E-state index contributed by atoms with van der Waals surface area (Å²) in [7, 11) is -3.28. The summed E-state index contributed by atoms with van der Waals surface area (Å²) in [5, 5.41) is 4.03. The van der Waals surface area contributed by atoms with E-state index in [1.54, 1.807) is 18.2 Å². The quantitative estimate of drug-likeness (QED) is 0.870. The van der Waals surface area contributed by atoms with Gasteiger partial charge in [-0.2, -0.15) is 0 Å². The second-order valence-electron chi connectivity index (χ2n) is 5.42. The van der Waals surface area contributed by atoms with Crippen LogP contribution in [0.1, 0.15) is 19.8 Å². The van der Waals surface area contributed by atoms with Gasteiger partial charge in [-0.1, -0.05) is 18.5 Å². The molecule has 2 N–H and O–H groups in total. The summed E-state index contributed by atoms with van der Waals surface area (Å²) in [5.41, 5.74) is 1.30. The van der Waals surface area contributed by atoms with Gasteiger partial charge in [0.05, 0.1) is 22.7 Å². The molecule has 0 aliphatic carbocycles. The summed E-state index contributed by atoms with van der Waals surface area (Å²) in [6.07, 6.45) is 3.26. The first-order chi connectivity index (χ1) is 9.87. The third-order valence-electron chi connectivity index (χ3n) is 3.66. The minimum atomic E-state index is -3.28. The van der Waals surface area contributed by atoms with E-state index in [4.69, 9.17) is 11.6 Å². The van der Waals surface area contributed by atoms with E-state index in [2.05, 4.69) is 21.9 Å². The van der Waals surface area contributed by atoms with Crippen LogP contribution >= 0.6 is 11.6 Å². The van der Waals surface area contributed by atoms with Gasteiger partial charge in [0, 0.05) is 19.1 Å². The van der Waals surface area contributed by atoms with Gasteiger partial charge >= 0.3 is 0 Å². The first-order valence-electron chi connectivity index (χ1n) is 7.13. The largest absolute Gasteiger partial charge is 0.381 e. The van der Waals surface area contributed by atoms with Crippen molar-refractivity contribution in [3.8, 4) is 0 Å². The van der Waals surface area contributed by atoms with E-state index in [0.29, 0.717) is 16.8 Å². The molecule has 0 spiro atoms. The molecule has 1 saturated heterocycles. The van der Waals surface area contributed by atoms with Gasteiger partial charge in [0.2, 0.25) is 10.0 Å². The standard InChI is InChI=1S/C14H22ClN3O2S/c1-3-18-8-6-11(7-9-18)16-14-10-12(4-5-13(14)15)17-21(2,19)20/h4-5,10-11,16-17H,3,6-9H2,1-2H3. The number of sulfonamides is 1. The molecule has 21 heavy (non-hydrogen) atoms. The lowest BCUT2D eigenvalue weighted by Gasteiger charge is -2.32. The van der Waals surface area contributed by atoms with E-state index < -0.39 is 10.0 Å². The summed E-state index contributed by atoms with van der Waals surface area (Å²) < 4.78 is 25.0. The Morgan fingerprint density at radius 2 is 2.00 bits per heavy atom. The molecule has 1 heterocycles. The van der Waals surface area contributed by atoms with Crippen LogP contribution in [-0.4, -0.2) is 45.2 Å². The third-order valence-corrected chi connectivity index (χ3v) is 4.60. The van der Waals surface area contributed by atoms with E-state index in [-0.39, 0.29) is 0 Å². The van der Waals surface area contributed by atoms with E-state index >= 15 is 0 Å². The molecule has 1 aliphatic rings. The minimum Gasteiger partial charge on any atom is -0.381 e. The highest BCUT2D eigenvalue weighted by molar-refractivity contribution is 7.92. The van der Waals surface area contributed by atoms with Gasteiger partial charge in [-0.3, -0.25) is 4.72 Å². The molecular formula is C14H22ClN3O2S. The topological polar surface area (TPSA) is 61.4 Å². The van der Waals surface area contributed by atoms with E-state index in [1.807, 2.05) is 0 Å². The Kier molecular flexibility index (Phi) is 5.35. The molecule has 2 rings (SSSR count). The molecule has 1 aromatic rings. The zero-order valence-corrected chi connectivity index (χ0v) is 14.0. The molecule has 0 bridgehead atoms. The van der Waals surface area contributed by atoms with Crippen LogP contribution in [0, 0.1) is 0 Å². The summed E-state index contributed by atoms with van der Waals surface area (Å²) in [5.74, 6) is 0. The van der Waals surface area contributed by atoms with E-state index in [9.17, 15) is 8.42 Å². The molecule has 0 unspecified atom stereocenters. The average Bonchev–Trinajstić information content (AvgIpc) is 2.42. The van der Waals surface area contributed by atoms with Crippen molar-refractivity contribution < 1.29 is 8.42 Å². The first-order valence-corrected chi connectivity index (χ1v) is 9.40. The van der Waals surface area contributed by atoms with Crippen LogP contribution in [-0.2, 0) is 10.0 Å². The number of nitrogens with zero attached hydrogens (tertiary/aromatic N) is 1. The van der Waals surface area contributed by atoms with Gasteiger partial charge in [-0.05, 0) is 37.6 Å². The molecule has 1 aromatic carbocycles. The third kappa shape index (κ3) is 5.05. The number of rotatable bonds is 5. The fraction of sp³-hybridized carbons (Fsp3) is 0.571. The maximum atomic E-state index is 11.3. The van der Waals surface area contributed by atoms with Crippen LogP contribution in [0.5, 0.6) is 0 Å². The lowest BCUT2D eigenvalue weighted by atomic mass is 10.0. The number of benzene rings is 1. The summed E-state index contributed by atoms with van der Waals surface area (Å²) in [6.45, 7) is 5.41. The molecule has 118 valence electrons. The molecule has 1 aliphatic heterocycles. The fourth-order valence-corrected chi connectivity index (χ4v) is 3.25. The Labute approximate surface area is 131 Å². The van der Waals surface area contributed by atoms with Crippen LogP contribution in [0.15, 0.2) is 18.2 Å². The summed E-state index contributed by atoms with van der Waals surface area (Å²) in [6, 6.07) is 5.49. The van der Waals surface area contributed by atoms with Crippen molar-refractivity contribution in [1.82, 2.24) is 4.90 Å². The molecule has 7 heteroatoms. The minimum absolute atomic E-state index is 0.374. The van der Waals surface area contributed by atoms with Gasteiger partial charge in [-0.25, -0.2) is 8.42 Å².